The molecule has 1 saturated heterocycles. The molecule has 1 aromatic carbocycles. The van der Waals surface area contributed by atoms with Crippen molar-refractivity contribution in [2.75, 3.05) is 13.2 Å². The summed E-state index contributed by atoms with van der Waals surface area (Å²) in [5.41, 5.74) is 1.50. The van der Waals surface area contributed by atoms with E-state index in [2.05, 4.69) is 35.2 Å². The van der Waals surface area contributed by atoms with E-state index in [9.17, 15) is 5.11 Å². The molecule has 0 spiro atoms. The summed E-state index contributed by atoms with van der Waals surface area (Å²) >= 11 is 0. The molecule has 0 amide bonds. The van der Waals surface area contributed by atoms with E-state index >= 15 is 0 Å². The topological polar surface area (TPSA) is 23.5 Å². The van der Waals surface area contributed by atoms with Crippen molar-refractivity contribution in [2.45, 2.75) is 31.3 Å². The minimum Gasteiger partial charge on any atom is -0.394 e. The summed E-state index contributed by atoms with van der Waals surface area (Å²) in [5, 5.41) is 9.65. The Kier molecular flexibility index (Phi) is 2.49. The number of hydrogen-bond acceptors (Lipinski definition) is 2. The Morgan fingerprint density at radius 3 is 2.69 bits per heavy atom. The zero-order chi connectivity index (χ0) is 11.0. The van der Waals surface area contributed by atoms with Gasteiger partial charge in [0.2, 0.25) is 0 Å². The van der Waals surface area contributed by atoms with E-state index in [-0.39, 0.29) is 5.54 Å². The largest absolute Gasteiger partial charge is 0.394 e. The molecule has 2 fully saturated rings. The SMILES string of the molecule is OCC12CCC1CCN2Cc1ccccc1. The Hall–Kier alpha value is -0.860. The van der Waals surface area contributed by atoms with Gasteiger partial charge in [-0.25, -0.2) is 0 Å². The van der Waals surface area contributed by atoms with Crippen LogP contribution in [0, 0.1) is 5.92 Å². The second-order valence-corrected chi connectivity index (χ2v) is 5.19. The lowest BCUT2D eigenvalue weighted by atomic mass is 9.67. The Labute approximate surface area is 96.9 Å². The van der Waals surface area contributed by atoms with E-state index in [1.807, 2.05) is 0 Å². The van der Waals surface area contributed by atoms with E-state index < -0.39 is 0 Å². The molecule has 2 nitrogen and oxygen atoms in total. The Balaban J connectivity index is 1.76. The number of benzene rings is 1. The average molecular weight is 217 g/mol. The first-order chi connectivity index (χ1) is 7.85. The highest BCUT2D eigenvalue weighted by Gasteiger charge is 2.54. The second-order valence-electron chi connectivity index (χ2n) is 5.19. The maximum absolute atomic E-state index is 9.65. The van der Waals surface area contributed by atoms with Crippen molar-refractivity contribution >= 4 is 0 Å². The van der Waals surface area contributed by atoms with Gasteiger partial charge in [0.05, 0.1) is 6.61 Å². The van der Waals surface area contributed by atoms with Crippen LogP contribution in [-0.4, -0.2) is 28.7 Å². The number of nitrogens with zero attached hydrogens (tertiary/aromatic N) is 1. The van der Waals surface area contributed by atoms with E-state index in [1.54, 1.807) is 0 Å². The molecule has 0 bridgehead atoms. The molecule has 2 aliphatic rings. The third-order valence-corrected chi connectivity index (χ3v) is 4.55. The highest BCUT2D eigenvalue weighted by atomic mass is 16.3. The Morgan fingerprint density at radius 2 is 2.06 bits per heavy atom. The summed E-state index contributed by atoms with van der Waals surface area (Å²) in [4.78, 5) is 2.50. The van der Waals surface area contributed by atoms with Crippen molar-refractivity contribution in [2.24, 2.45) is 5.92 Å². The summed E-state index contributed by atoms with van der Waals surface area (Å²) in [6.45, 7) is 2.49. The highest BCUT2D eigenvalue weighted by Crippen LogP contribution is 2.50. The summed E-state index contributed by atoms with van der Waals surface area (Å²) < 4.78 is 0. The average Bonchev–Trinajstić information content (AvgIpc) is 2.52. The molecule has 3 rings (SSSR count). The van der Waals surface area contributed by atoms with Crippen LogP contribution in [0.1, 0.15) is 24.8 Å². The van der Waals surface area contributed by atoms with Crippen LogP contribution in [0.3, 0.4) is 0 Å². The predicted octanol–water partition coefficient (Wildman–Crippen LogP) is 2.03. The first kappa shape index (κ1) is 10.3. The molecule has 1 N–H and O–H groups in total. The number of likely N-dealkylation sites (tertiary alicyclic amines) is 1. The maximum Gasteiger partial charge on any atom is 0.0618 e. The molecule has 86 valence electrons. The molecular formula is C14H19NO. The highest BCUT2D eigenvalue weighted by molar-refractivity contribution is 5.17. The van der Waals surface area contributed by atoms with E-state index in [4.69, 9.17) is 0 Å². The minimum atomic E-state index is 0.135. The smallest absolute Gasteiger partial charge is 0.0618 e. The summed E-state index contributed by atoms with van der Waals surface area (Å²) in [5.74, 6) is 0.751. The Bertz CT molecular complexity index is 360. The van der Waals surface area contributed by atoms with Crippen LogP contribution in [0.5, 0.6) is 0 Å². The van der Waals surface area contributed by atoms with Gasteiger partial charge in [-0.2, -0.15) is 0 Å². The standard InChI is InChI=1S/C14H19NO/c16-11-14-8-6-13(14)7-9-15(14)10-12-4-2-1-3-5-12/h1-5,13,16H,6-11H2. The third kappa shape index (κ3) is 1.40. The minimum absolute atomic E-state index is 0.135. The van der Waals surface area contributed by atoms with Crippen molar-refractivity contribution in [1.29, 1.82) is 0 Å². The fraction of sp³-hybridized carbons (Fsp3) is 0.571. The van der Waals surface area contributed by atoms with Crippen LogP contribution in [0.4, 0.5) is 0 Å². The zero-order valence-corrected chi connectivity index (χ0v) is 9.60. The number of rotatable bonds is 3. The molecule has 16 heavy (non-hydrogen) atoms. The van der Waals surface area contributed by atoms with Crippen LogP contribution in [-0.2, 0) is 6.54 Å². The molecule has 1 aliphatic carbocycles. The van der Waals surface area contributed by atoms with Crippen LogP contribution >= 0.6 is 0 Å². The number of fused-ring (bicyclic) bond motifs is 1. The van der Waals surface area contributed by atoms with Crippen LogP contribution in [0.25, 0.3) is 0 Å². The van der Waals surface area contributed by atoms with Gasteiger partial charge in [0.25, 0.3) is 0 Å². The molecule has 1 heterocycles. The summed E-state index contributed by atoms with van der Waals surface area (Å²) in [7, 11) is 0. The van der Waals surface area contributed by atoms with Crippen LogP contribution in [0.2, 0.25) is 0 Å². The molecule has 1 saturated carbocycles. The van der Waals surface area contributed by atoms with Gasteiger partial charge in [-0.15, -0.1) is 0 Å². The van der Waals surface area contributed by atoms with E-state index in [0.717, 1.165) is 19.0 Å². The quantitative estimate of drug-likeness (QED) is 0.837. The van der Waals surface area contributed by atoms with Gasteiger partial charge < -0.3 is 5.11 Å². The monoisotopic (exact) mass is 217 g/mol. The first-order valence-corrected chi connectivity index (χ1v) is 6.25. The van der Waals surface area contributed by atoms with Crippen molar-refractivity contribution in [3.05, 3.63) is 35.9 Å². The number of aliphatic hydroxyl groups is 1. The molecule has 0 aromatic heterocycles. The molecule has 1 aromatic rings. The van der Waals surface area contributed by atoms with Gasteiger partial charge in [-0.3, -0.25) is 4.90 Å². The predicted molar refractivity (Wildman–Crippen MR) is 64.0 cm³/mol. The fourth-order valence-corrected chi connectivity index (χ4v) is 3.39. The molecule has 2 unspecified atom stereocenters. The van der Waals surface area contributed by atoms with Gasteiger partial charge in [0, 0.05) is 12.1 Å². The lowest BCUT2D eigenvalue weighted by molar-refractivity contribution is -0.0337. The third-order valence-electron chi connectivity index (χ3n) is 4.55. The number of aliphatic hydroxyl groups excluding tert-OH is 1. The molecule has 2 heteroatoms. The van der Waals surface area contributed by atoms with Gasteiger partial charge in [0.1, 0.15) is 0 Å². The number of hydrogen-bond donors (Lipinski definition) is 1. The first-order valence-electron chi connectivity index (χ1n) is 6.25. The van der Waals surface area contributed by atoms with Crippen molar-refractivity contribution in [3.63, 3.8) is 0 Å². The molecular weight excluding hydrogens is 198 g/mol. The van der Waals surface area contributed by atoms with E-state index in [1.165, 1.54) is 24.8 Å². The van der Waals surface area contributed by atoms with Gasteiger partial charge in [-0.1, -0.05) is 30.3 Å². The van der Waals surface area contributed by atoms with Crippen molar-refractivity contribution < 1.29 is 5.11 Å². The maximum atomic E-state index is 9.65. The molecule has 2 atom stereocenters. The zero-order valence-electron chi connectivity index (χ0n) is 9.60. The van der Waals surface area contributed by atoms with Crippen molar-refractivity contribution in [1.82, 2.24) is 4.90 Å². The molecule has 0 radical (unpaired) electrons. The van der Waals surface area contributed by atoms with Crippen LogP contribution < -0.4 is 0 Å². The lowest BCUT2D eigenvalue weighted by Crippen LogP contribution is -2.56. The van der Waals surface area contributed by atoms with Crippen molar-refractivity contribution in [3.8, 4) is 0 Å². The van der Waals surface area contributed by atoms with E-state index in [0.29, 0.717) is 6.61 Å². The van der Waals surface area contributed by atoms with Gasteiger partial charge in [0.15, 0.2) is 0 Å². The van der Waals surface area contributed by atoms with Crippen LogP contribution in [0.15, 0.2) is 30.3 Å². The van der Waals surface area contributed by atoms with Gasteiger partial charge in [-0.05, 0) is 37.3 Å². The lowest BCUT2D eigenvalue weighted by Gasteiger charge is -2.49. The summed E-state index contributed by atoms with van der Waals surface area (Å²) in [6, 6.07) is 10.6. The summed E-state index contributed by atoms with van der Waals surface area (Å²) in [6.07, 6.45) is 3.76. The fourth-order valence-electron chi connectivity index (χ4n) is 3.39. The normalized spacial score (nSPS) is 33.4. The molecule has 1 aliphatic heterocycles. The second kappa shape index (κ2) is 3.86. The van der Waals surface area contributed by atoms with Gasteiger partial charge >= 0.3 is 0 Å². The Morgan fingerprint density at radius 1 is 1.25 bits per heavy atom.